The third kappa shape index (κ3) is 5.15. The number of halogens is 1. The van der Waals surface area contributed by atoms with E-state index in [-0.39, 0.29) is 24.4 Å². The van der Waals surface area contributed by atoms with Crippen LogP contribution in [0.4, 0.5) is 0 Å². The lowest BCUT2D eigenvalue weighted by Gasteiger charge is -2.41. The summed E-state index contributed by atoms with van der Waals surface area (Å²) in [6.07, 6.45) is -0.559. The van der Waals surface area contributed by atoms with Crippen LogP contribution >= 0.6 is 15.9 Å². The summed E-state index contributed by atoms with van der Waals surface area (Å²) >= 11 is 3.59. The zero-order chi connectivity index (χ0) is 18.2. The molecule has 2 aromatic rings. The zero-order valence-corrected chi connectivity index (χ0v) is 16.5. The number of ether oxygens (including phenoxy) is 4. The molecule has 3 rings (SSSR count). The fourth-order valence-electron chi connectivity index (χ4n) is 3.16. The Balaban J connectivity index is 1.67. The molecule has 1 saturated heterocycles. The van der Waals surface area contributed by atoms with Crippen molar-refractivity contribution in [2.75, 3.05) is 19.0 Å². The van der Waals surface area contributed by atoms with Gasteiger partial charge in [-0.25, -0.2) is 0 Å². The highest BCUT2D eigenvalue weighted by Gasteiger charge is 2.41. The average molecular weight is 421 g/mol. The molecule has 1 aliphatic heterocycles. The summed E-state index contributed by atoms with van der Waals surface area (Å²) in [5.41, 5.74) is 2.28. The predicted octanol–water partition coefficient (Wildman–Crippen LogP) is 4.17. The largest absolute Gasteiger partial charge is 0.370 e. The lowest BCUT2D eigenvalue weighted by atomic mass is 9.96. The van der Waals surface area contributed by atoms with E-state index in [0.29, 0.717) is 19.8 Å². The van der Waals surface area contributed by atoms with Gasteiger partial charge in [0.25, 0.3) is 0 Å². The van der Waals surface area contributed by atoms with Crippen LogP contribution in [0.2, 0.25) is 0 Å². The second-order valence-electron chi connectivity index (χ2n) is 6.35. The molecule has 0 unspecified atom stereocenters. The predicted molar refractivity (Wildman–Crippen MR) is 104 cm³/mol. The molecule has 0 radical (unpaired) electrons. The van der Waals surface area contributed by atoms with Crippen LogP contribution in [0.1, 0.15) is 11.1 Å². The van der Waals surface area contributed by atoms with Gasteiger partial charge < -0.3 is 18.9 Å². The Morgan fingerprint density at radius 1 is 0.923 bits per heavy atom. The lowest BCUT2D eigenvalue weighted by molar-refractivity contribution is -0.257. The molecule has 1 heterocycles. The molecule has 2 aromatic carbocycles. The van der Waals surface area contributed by atoms with Crippen LogP contribution < -0.4 is 0 Å². The number of alkyl halides is 1. The minimum absolute atomic E-state index is 0.0539. The Bertz CT molecular complexity index is 637. The van der Waals surface area contributed by atoms with E-state index in [0.717, 1.165) is 16.5 Å². The van der Waals surface area contributed by atoms with E-state index in [4.69, 9.17) is 18.9 Å². The van der Waals surface area contributed by atoms with Crippen LogP contribution in [0, 0.1) is 5.92 Å². The second kappa shape index (κ2) is 10.2. The van der Waals surface area contributed by atoms with E-state index < -0.39 is 0 Å². The molecule has 26 heavy (non-hydrogen) atoms. The monoisotopic (exact) mass is 420 g/mol. The maximum absolute atomic E-state index is 6.29. The van der Waals surface area contributed by atoms with Crippen molar-refractivity contribution in [1.29, 1.82) is 0 Å². The Morgan fingerprint density at radius 2 is 1.50 bits per heavy atom. The van der Waals surface area contributed by atoms with Crippen molar-refractivity contribution in [3.8, 4) is 0 Å². The normalized spacial score (nSPS) is 25.9. The molecular weight excluding hydrogens is 396 g/mol. The third-order valence-electron chi connectivity index (χ3n) is 4.57. The van der Waals surface area contributed by atoms with E-state index in [9.17, 15) is 0 Å². The minimum Gasteiger partial charge on any atom is -0.370 e. The molecule has 4 nitrogen and oxygen atoms in total. The van der Waals surface area contributed by atoms with E-state index in [1.807, 2.05) is 36.4 Å². The Labute approximate surface area is 163 Å². The highest BCUT2D eigenvalue weighted by Crippen LogP contribution is 2.29. The van der Waals surface area contributed by atoms with Gasteiger partial charge in [-0.1, -0.05) is 76.6 Å². The molecule has 0 amide bonds. The number of hydrogen-bond acceptors (Lipinski definition) is 4. The summed E-state index contributed by atoms with van der Waals surface area (Å²) in [5.74, 6) is 0.0539. The van der Waals surface area contributed by atoms with Crippen molar-refractivity contribution in [1.82, 2.24) is 0 Å². The van der Waals surface area contributed by atoms with E-state index in [1.165, 1.54) is 0 Å². The Kier molecular flexibility index (Phi) is 7.65. The van der Waals surface area contributed by atoms with Crippen molar-refractivity contribution in [3.63, 3.8) is 0 Å². The first-order valence-corrected chi connectivity index (χ1v) is 9.95. The molecular formula is C21H25BrO4. The Hall–Kier alpha value is -1.24. The summed E-state index contributed by atoms with van der Waals surface area (Å²) in [6.45, 7) is 1.53. The lowest BCUT2D eigenvalue weighted by Crippen LogP contribution is -2.52. The van der Waals surface area contributed by atoms with Crippen LogP contribution in [-0.4, -0.2) is 37.5 Å². The first-order valence-electron chi connectivity index (χ1n) is 8.83. The number of hydrogen-bond donors (Lipinski definition) is 0. The number of methoxy groups -OCH3 is 1. The van der Waals surface area contributed by atoms with Gasteiger partial charge in [-0.3, -0.25) is 0 Å². The van der Waals surface area contributed by atoms with Crippen LogP contribution in [0.5, 0.6) is 0 Å². The topological polar surface area (TPSA) is 36.9 Å². The van der Waals surface area contributed by atoms with Gasteiger partial charge in [-0.05, 0) is 11.1 Å². The molecule has 5 heteroatoms. The van der Waals surface area contributed by atoms with Crippen LogP contribution in [0.25, 0.3) is 0 Å². The van der Waals surface area contributed by atoms with Gasteiger partial charge in [0.05, 0.1) is 25.9 Å². The van der Waals surface area contributed by atoms with Crippen molar-refractivity contribution >= 4 is 15.9 Å². The smallest absolute Gasteiger partial charge is 0.163 e. The molecule has 0 N–H and O–H groups in total. The van der Waals surface area contributed by atoms with Crippen LogP contribution in [0.15, 0.2) is 60.7 Å². The maximum Gasteiger partial charge on any atom is 0.163 e. The standard InChI is InChI=1S/C21H25BrO4/c1-23-21-18(12-22)20(25-14-17-10-6-3-7-11-17)19(15-26-21)24-13-16-8-4-2-5-9-16/h2-11,18-21H,12-15H2,1H3/t18-,19+,20-,21-/m0/s1. The van der Waals surface area contributed by atoms with Crippen molar-refractivity contribution < 1.29 is 18.9 Å². The molecule has 0 aromatic heterocycles. The third-order valence-corrected chi connectivity index (χ3v) is 5.31. The highest BCUT2D eigenvalue weighted by atomic mass is 79.9. The van der Waals surface area contributed by atoms with E-state index in [2.05, 4.69) is 40.2 Å². The highest BCUT2D eigenvalue weighted by molar-refractivity contribution is 9.09. The molecule has 140 valence electrons. The average Bonchev–Trinajstić information content (AvgIpc) is 2.71. The van der Waals surface area contributed by atoms with E-state index in [1.54, 1.807) is 7.11 Å². The molecule has 0 saturated carbocycles. The number of rotatable bonds is 8. The van der Waals surface area contributed by atoms with Crippen molar-refractivity contribution in [2.45, 2.75) is 31.7 Å². The summed E-state index contributed by atoms with van der Waals surface area (Å²) < 4.78 is 23.8. The van der Waals surface area contributed by atoms with Gasteiger partial charge in [-0.2, -0.15) is 0 Å². The second-order valence-corrected chi connectivity index (χ2v) is 7.00. The quantitative estimate of drug-likeness (QED) is 0.600. The molecule has 4 atom stereocenters. The SMILES string of the molecule is CO[C@H]1OC[C@@H](OCc2ccccc2)[C@@H](OCc2ccccc2)[C@@H]1CBr. The molecule has 0 spiro atoms. The van der Waals surface area contributed by atoms with Gasteiger partial charge >= 0.3 is 0 Å². The van der Waals surface area contributed by atoms with Gasteiger partial charge in [0, 0.05) is 18.4 Å². The summed E-state index contributed by atoms with van der Waals surface area (Å²) in [5, 5.41) is 0.718. The summed E-state index contributed by atoms with van der Waals surface area (Å²) in [4.78, 5) is 0. The zero-order valence-electron chi connectivity index (χ0n) is 14.9. The van der Waals surface area contributed by atoms with E-state index >= 15 is 0 Å². The van der Waals surface area contributed by atoms with Gasteiger partial charge in [-0.15, -0.1) is 0 Å². The molecule has 1 aliphatic rings. The van der Waals surface area contributed by atoms with Crippen molar-refractivity contribution in [2.24, 2.45) is 5.92 Å². The van der Waals surface area contributed by atoms with Gasteiger partial charge in [0.15, 0.2) is 6.29 Å². The fraction of sp³-hybridized carbons (Fsp3) is 0.429. The molecule has 0 bridgehead atoms. The number of benzene rings is 2. The fourth-order valence-corrected chi connectivity index (χ4v) is 3.83. The van der Waals surface area contributed by atoms with Crippen molar-refractivity contribution in [3.05, 3.63) is 71.8 Å². The molecule has 0 aliphatic carbocycles. The Morgan fingerprint density at radius 3 is 2.04 bits per heavy atom. The molecule has 1 fully saturated rings. The summed E-state index contributed by atoms with van der Waals surface area (Å²) in [7, 11) is 1.67. The minimum atomic E-state index is -0.299. The summed E-state index contributed by atoms with van der Waals surface area (Å²) in [6, 6.07) is 20.3. The first-order chi connectivity index (χ1) is 12.8. The van der Waals surface area contributed by atoms with Gasteiger partial charge in [0.2, 0.25) is 0 Å². The van der Waals surface area contributed by atoms with Gasteiger partial charge in [0.1, 0.15) is 6.10 Å². The van der Waals surface area contributed by atoms with Crippen LogP contribution in [0.3, 0.4) is 0 Å². The first kappa shape index (κ1) is 19.5. The maximum atomic E-state index is 6.29. The van der Waals surface area contributed by atoms with Crippen LogP contribution in [-0.2, 0) is 32.2 Å².